The van der Waals surface area contributed by atoms with E-state index in [1.165, 1.54) is 0 Å². The monoisotopic (exact) mass is 344 g/mol. The maximum absolute atomic E-state index is 10.3. The average molecular weight is 344 g/mol. The fraction of sp³-hybridized carbons (Fsp3) is 0.500. The van der Waals surface area contributed by atoms with Crippen molar-refractivity contribution in [2.45, 2.75) is 70.5 Å². The van der Waals surface area contributed by atoms with Gasteiger partial charge in [-0.3, -0.25) is 4.79 Å². The van der Waals surface area contributed by atoms with Gasteiger partial charge in [0.25, 0.3) is 0 Å². The van der Waals surface area contributed by atoms with Gasteiger partial charge in [-0.1, -0.05) is 67.7 Å². The molecule has 1 fully saturated rings. The van der Waals surface area contributed by atoms with Gasteiger partial charge in [0.05, 0.1) is 12.2 Å². The molecule has 1 heterocycles. The van der Waals surface area contributed by atoms with Crippen LogP contribution in [-0.4, -0.2) is 23.3 Å². The predicted octanol–water partition coefficient (Wildman–Crippen LogP) is 5.76. The summed E-state index contributed by atoms with van der Waals surface area (Å²) in [5.41, 5.74) is 0. The van der Waals surface area contributed by atoms with Crippen LogP contribution >= 0.6 is 0 Å². The van der Waals surface area contributed by atoms with E-state index in [0.717, 1.165) is 38.5 Å². The fourth-order valence-corrected chi connectivity index (χ4v) is 2.38. The molecule has 0 bridgehead atoms. The minimum Gasteiger partial charge on any atom is -0.481 e. The van der Waals surface area contributed by atoms with Crippen molar-refractivity contribution in [1.82, 2.24) is 0 Å². The van der Waals surface area contributed by atoms with Crippen molar-refractivity contribution in [2.24, 2.45) is 0 Å². The highest BCUT2D eigenvalue weighted by molar-refractivity contribution is 5.66. The van der Waals surface area contributed by atoms with E-state index in [-0.39, 0.29) is 6.42 Å². The van der Waals surface area contributed by atoms with Crippen LogP contribution in [0, 0.1) is 0 Å². The van der Waals surface area contributed by atoms with Gasteiger partial charge in [-0.15, -0.1) is 0 Å². The number of hydrogen-bond acceptors (Lipinski definition) is 2. The summed E-state index contributed by atoms with van der Waals surface area (Å²) in [6.07, 6.45) is 29.1. The Bertz CT molecular complexity index is 497. The largest absolute Gasteiger partial charge is 0.481 e. The SMILES string of the molecule is CC[C@@H]1O[C@@H]1C/C=C/C/C=C/C/C=C/C/C=C/C/C=C/CCC(=O)O. The molecule has 0 unspecified atom stereocenters. The smallest absolute Gasteiger partial charge is 0.303 e. The van der Waals surface area contributed by atoms with Gasteiger partial charge in [-0.25, -0.2) is 0 Å². The summed E-state index contributed by atoms with van der Waals surface area (Å²) in [5, 5.41) is 8.50. The van der Waals surface area contributed by atoms with Crippen molar-refractivity contribution in [3.05, 3.63) is 60.8 Å². The number of carboxylic acid groups (broad SMARTS) is 1. The maximum atomic E-state index is 10.3. The van der Waals surface area contributed by atoms with Crippen LogP contribution < -0.4 is 0 Å². The molecule has 1 aliphatic heterocycles. The van der Waals surface area contributed by atoms with Crippen molar-refractivity contribution in [3.63, 3.8) is 0 Å². The number of epoxide rings is 1. The molecule has 0 spiro atoms. The normalized spacial score (nSPS) is 20.8. The van der Waals surface area contributed by atoms with Crippen molar-refractivity contribution in [2.75, 3.05) is 0 Å². The quantitative estimate of drug-likeness (QED) is 0.322. The molecule has 1 saturated heterocycles. The van der Waals surface area contributed by atoms with Gasteiger partial charge < -0.3 is 9.84 Å². The molecule has 0 radical (unpaired) electrons. The number of carbonyl (C=O) groups is 1. The molecule has 0 aromatic rings. The summed E-state index contributed by atoms with van der Waals surface area (Å²) in [5.74, 6) is -0.742. The number of hydrogen-bond donors (Lipinski definition) is 1. The topological polar surface area (TPSA) is 49.8 Å². The van der Waals surface area contributed by atoms with Gasteiger partial charge in [0.2, 0.25) is 0 Å². The van der Waals surface area contributed by atoms with Crippen LogP contribution in [0.5, 0.6) is 0 Å². The van der Waals surface area contributed by atoms with Gasteiger partial charge >= 0.3 is 5.97 Å². The van der Waals surface area contributed by atoms with Crippen molar-refractivity contribution in [3.8, 4) is 0 Å². The Hall–Kier alpha value is -1.87. The van der Waals surface area contributed by atoms with Gasteiger partial charge in [0.1, 0.15) is 0 Å². The van der Waals surface area contributed by atoms with Crippen LogP contribution in [0.3, 0.4) is 0 Å². The van der Waals surface area contributed by atoms with E-state index in [1.807, 2.05) is 12.2 Å². The third-order valence-electron chi connectivity index (χ3n) is 3.91. The molecule has 2 atom stereocenters. The van der Waals surface area contributed by atoms with E-state index in [9.17, 15) is 4.79 Å². The molecule has 0 aromatic carbocycles. The van der Waals surface area contributed by atoms with Crippen LogP contribution in [0.15, 0.2) is 60.8 Å². The van der Waals surface area contributed by atoms with Crippen LogP contribution in [0.4, 0.5) is 0 Å². The van der Waals surface area contributed by atoms with E-state index < -0.39 is 5.97 Å². The first-order valence-electron chi connectivity index (χ1n) is 9.36. The fourth-order valence-electron chi connectivity index (χ4n) is 2.38. The van der Waals surface area contributed by atoms with Gasteiger partial charge in [0, 0.05) is 6.42 Å². The highest BCUT2D eigenvalue weighted by atomic mass is 16.6. The molecule has 3 nitrogen and oxygen atoms in total. The second-order valence-electron chi connectivity index (χ2n) is 6.09. The van der Waals surface area contributed by atoms with Crippen LogP contribution in [-0.2, 0) is 9.53 Å². The van der Waals surface area contributed by atoms with E-state index in [1.54, 1.807) is 0 Å². The first-order chi connectivity index (χ1) is 12.2. The number of carboxylic acids is 1. The first kappa shape index (κ1) is 21.2. The Balaban J connectivity index is 1.91. The Morgan fingerprint density at radius 2 is 1.28 bits per heavy atom. The highest BCUT2D eigenvalue weighted by Crippen LogP contribution is 2.28. The molecule has 25 heavy (non-hydrogen) atoms. The highest BCUT2D eigenvalue weighted by Gasteiger charge is 2.35. The molecule has 0 saturated carbocycles. The van der Waals surface area contributed by atoms with E-state index >= 15 is 0 Å². The summed E-state index contributed by atoms with van der Waals surface area (Å²) in [4.78, 5) is 10.3. The second-order valence-corrected chi connectivity index (χ2v) is 6.09. The van der Waals surface area contributed by atoms with Gasteiger partial charge in [-0.05, 0) is 44.9 Å². The van der Waals surface area contributed by atoms with E-state index in [2.05, 4.69) is 55.5 Å². The molecule has 1 rings (SSSR count). The third kappa shape index (κ3) is 13.1. The third-order valence-corrected chi connectivity index (χ3v) is 3.91. The second kappa shape index (κ2) is 14.5. The minimum absolute atomic E-state index is 0.209. The summed E-state index contributed by atoms with van der Waals surface area (Å²) >= 11 is 0. The van der Waals surface area contributed by atoms with Crippen LogP contribution in [0.25, 0.3) is 0 Å². The van der Waals surface area contributed by atoms with Crippen molar-refractivity contribution >= 4 is 5.97 Å². The molecule has 3 heteroatoms. The summed E-state index contributed by atoms with van der Waals surface area (Å²) in [6, 6.07) is 0. The van der Waals surface area contributed by atoms with E-state index in [0.29, 0.717) is 18.6 Å². The minimum atomic E-state index is -0.742. The molecule has 1 N–H and O–H groups in total. The molecule has 1 aliphatic rings. The van der Waals surface area contributed by atoms with Crippen molar-refractivity contribution < 1.29 is 14.6 Å². The molecular weight excluding hydrogens is 312 g/mol. The lowest BCUT2D eigenvalue weighted by Gasteiger charge is -1.87. The lowest BCUT2D eigenvalue weighted by Crippen LogP contribution is -1.91. The lowest BCUT2D eigenvalue weighted by molar-refractivity contribution is -0.136. The molecule has 0 aliphatic carbocycles. The maximum Gasteiger partial charge on any atom is 0.303 e. The van der Waals surface area contributed by atoms with Crippen molar-refractivity contribution in [1.29, 1.82) is 0 Å². The predicted molar refractivity (Wildman–Crippen MR) is 105 cm³/mol. The average Bonchev–Trinajstić information content (AvgIpc) is 3.36. The number of allylic oxidation sites excluding steroid dienone is 9. The zero-order valence-corrected chi connectivity index (χ0v) is 15.3. The first-order valence-corrected chi connectivity index (χ1v) is 9.36. The van der Waals surface area contributed by atoms with Crippen LogP contribution in [0.2, 0.25) is 0 Å². The molecular formula is C22H32O3. The zero-order valence-electron chi connectivity index (χ0n) is 15.3. The van der Waals surface area contributed by atoms with E-state index in [4.69, 9.17) is 9.84 Å². The molecule has 0 aromatic heterocycles. The molecule has 138 valence electrons. The summed E-state index contributed by atoms with van der Waals surface area (Å²) < 4.78 is 5.49. The standard InChI is InChI=1S/C22H32O3/c1-2-20-21(25-20)18-16-14-12-10-8-6-4-3-5-7-9-11-13-15-17-19-22(23)24/h3-4,7-10,13-16,20-21H,2,5-6,11-12,17-19H2,1H3,(H,23,24)/b4-3+,9-7+,10-8+,15-13+,16-14+/t20-,21+/m0/s1. The number of ether oxygens (including phenoxy) is 1. The van der Waals surface area contributed by atoms with Gasteiger partial charge in [-0.2, -0.15) is 0 Å². The number of rotatable bonds is 14. The number of aliphatic carboxylic acids is 1. The lowest BCUT2D eigenvalue weighted by atomic mass is 10.2. The molecule has 0 amide bonds. The summed E-state index contributed by atoms with van der Waals surface area (Å²) in [6.45, 7) is 2.17. The Kier molecular flexibility index (Phi) is 12.3. The van der Waals surface area contributed by atoms with Crippen LogP contribution in [0.1, 0.15) is 58.3 Å². The summed E-state index contributed by atoms with van der Waals surface area (Å²) in [7, 11) is 0. The Labute approximate surface area is 152 Å². The zero-order chi connectivity index (χ0) is 18.2. The Morgan fingerprint density at radius 3 is 1.72 bits per heavy atom. The van der Waals surface area contributed by atoms with Gasteiger partial charge in [0.15, 0.2) is 0 Å². The Morgan fingerprint density at radius 1 is 0.800 bits per heavy atom.